The Hall–Kier alpha value is -2.68. The van der Waals surface area contributed by atoms with E-state index in [1.54, 1.807) is 0 Å². The molecule has 1 aromatic rings. The molecule has 1 saturated carbocycles. The highest BCUT2D eigenvalue weighted by atomic mass is 16.5. The van der Waals surface area contributed by atoms with E-state index in [4.69, 9.17) is 29.2 Å². The summed E-state index contributed by atoms with van der Waals surface area (Å²) in [7, 11) is 0. The summed E-state index contributed by atoms with van der Waals surface area (Å²) in [5.41, 5.74) is 1.27. The molecule has 38 heavy (non-hydrogen) atoms. The minimum atomic E-state index is -0.674. The standard InChI is InChI=1S/C30H44O8/c1-4-5-6-7-24-8-12-27(13-9-24)35-16-17-36-28-14-10-25(11-15-28)26(20-37-29(33)22(2)18-31)21-38-30(34)23(3)19-32/h8-9,12-13,25-26,28,31-32H,2-7,10-11,14-21H2,1H3. The third-order valence-electron chi connectivity index (χ3n) is 6.90. The van der Waals surface area contributed by atoms with Gasteiger partial charge in [-0.15, -0.1) is 0 Å². The second kappa shape index (κ2) is 17.8. The zero-order valence-corrected chi connectivity index (χ0v) is 22.7. The third kappa shape index (κ3) is 11.4. The molecule has 0 radical (unpaired) electrons. The number of esters is 2. The Morgan fingerprint density at radius 3 is 2.00 bits per heavy atom. The Labute approximate surface area is 226 Å². The van der Waals surface area contributed by atoms with E-state index in [0.29, 0.717) is 13.2 Å². The minimum absolute atomic E-state index is 0.0309. The van der Waals surface area contributed by atoms with Crippen LogP contribution in [0.3, 0.4) is 0 Å². The molecule has 1 fully saturated rings. The molecule has 0 unspecified atom stereocenters. The van der Waals surface area contributed by atoms with Crippen LogP contribution in [-0.2, 0) is 30.2 Å². The van der Waals surface area contributed by atoms with Crippen molar-refractivity contribution in [1.82, 2.24) is 0 Å². The number of unbranched alkanes of at least 4 members (excludes halogenated alkanes) is 2. The number of carbonyl (C=O) groups excluding carboxylic acids is 2. The van der Waals surface area contributed by atoms with Crippen molar-refractivity contribution in [1.29, 1.82) is 0 Å². The number of ether oxygens (including phenoxy) is 4. The molecule has 0 atom stereocenters. The van der Waals surface area contributed by atoms with E-state index in [1.165, 1.54) is 24.8 Å². The van der Waals surface area contributed by atoms with Gasteiger partial charge in [-0.2, -0.15) is 0 Å². The number of aliphatic hydroxyl groups is 2. The number of aryl methyl sites for hydroxylation is 1. The van der Waals surface area contributed by atoms with Crippen LogP contribution in [0.4, 0.5) is 0 Å². The third-order valence-corrected chi connectivity index (χ3v) is 6.90. The summed E-state index contributed by atoms with van der Waals surface area (Å²) in [5, 5.41) is 18.2. The van der Waals surface area contributed by atoms with E-state index < -0.39 is 25.2 Å². The van der Waals surface area contributed by atoms with Crippen LogP contribution < -0.4 is 4.74 Å². The van der Waals surface area contributed by atoms with E-state index in [9.17, 15) is 9.59 Å². The quantitative estimate of drug-likeness (QED) is 0.165. The summed E-state index contributed by atoms with van der Waals surface area (Å²) in [5.74, 6) is -0.572. The van der Waals surface area contributed by atoms with E-state index in [0.717, 1.165) is 37.9 Å². The van der Waals surface area contributed by atoms with Crippen LogP contribution in [-0.4, -0.2) is 67.9 Å². The average molecular weight is 533 g/mol. The normalized spacial score (nSPS) is 17.2. The summed E-state index contributed by atoms with van der Waals surface area (Å²) >= 11 is 0. The number of benzene rings is 1. The molecule has 0 aromatic heterocycles. The smallest absolute Gasteiger partial charge is 0.335 e. The van der Waals surface area contributed by atoms with Crippen molar-refractivity contribution in [3.8, 4) is 5.75 Å². The van der Waals surface area contributed by atoms with Crippen molar-refractivity contribution < 1.29 is 38.7 Å². The zero-order valence-electron chi connectivity index (χ0n) is 22.7. The lowest BCUT2D eigenvalue weighted by Crippen LogP contribution is -2.33. The van der Waals surface area contributed by atoms with E-state index >= 15 is 0 Å². The van der Waals surface area contributed by atoms with Crippen LogP contribution in [0.1, 0.15) is 57.4 Å². The van der Waals surface area contributed by atoms with Crippen molar-refractivity contribution >= 4 is 11.9 Å². The number of hydrogen-bond acceptors (Lipinski definition) is 8. The Balaban J connectivity index is 1.75. The molecular formula is C30H44O8. The van der Waals surface area contributed by atoms with Gasteiger partial charge >= 0.3 is 11.9 Å². The average Bonchev–Trinajstić information content (AvgIpc) is 2.95. The maximum absolute atomic E-state index is 12.0. The van der Waals surface area contributed by atoms with Crippen LogP contribution in [0.25, 0.3) is 0 Å². The molecule has 0 heterocycles. The molecule has 0 spiro atoms. The Morgan fingerprint density at radius 2 is 1.47 bits per heavy atom. The molecule has 2 N–H and O–H groups in total. The molecule has 212 valence electrons. The molecule has 0 aliphatic heterocycles. The minimum Gasteiger partial charge on any atom is -0.491 e. The summed E-state index contributed by atoms with van der Waals surface area (Å²) in [6.45, 7) is 9.26. The maximum atomic E-state index is 12.0. The molecule has 1 aliphatic carbocycles. The highest BCUT2D eigenvalue weighted by Crippen LogP contribution is 2.32. The largest absolute Gasteiger partial charge is 0.491 e. The fourth-order valence-corrected chi connectivity index (χ4v) is 4.45. The number of hydrogen-bond donors (Lipinski definition) is 2. The van der Waals surface area contributed by atoms with Gasteiger partial charge in [0, 0.05) is 5.92 Å². The van der Waals surface area contributed by atoms with E-state index in [-0.39, 0.29) is 42.3 Å². The van der Waals surface area contributed by atoms with Gasteiger partial charge in [0.15, 0.2) is 0 Å². The molecule has 0 bridgehead atoms. The Morgan fingerprint density at radius 1 is 0.895 bits per heavy atom. The van der Waals surface area contributed by atoms with Crippen LogP contribution in [0, 0.1) is 11.8 Å². The Kier molecular flexibility index (Phi) is 14.7. The lowest BCUT2D eigenvalue weighted by atomic mass is 9.79. The van der Waals surface area contributed by atoms with Crippen LogP contribution in [0.15, 0.2) is 48.6 Å². The highest BCUT2D eigenvalue weighted by Gasteiger charge is 2.30. The first kappa shape index (κ1) is 31.5. The van der Waals surface area contributed by atoms with Crippen molar-refractivity contribution in [3.05, 3.63) is 54.1 Å². The van der Waals surface area contributed by atoms with Gasteiger partial charge in [-0.3, -0.25) is 0 Å². The topological polar surface area (TPSA) is 112 Å². The van der Waals surface area contributed by atoms with Gasteiger partial charge in [0.25, 0.3) is 0 Å². The van der Waals surface area contributed by atoms with E-state index in [2.05, 4.69) is 32.2 Å². The fraction of sp³-hybridized carbons (Fsp3) is 0.600. The Bertz CT molecular complexity index is 839. The lowest BCUT2D eigenvalue weighted by Gasteiger charge is -2.33. The summed E-state index contributed by atoms with van der Waals surface area (Å²) < 4.78 is 22.5. The number of aliphatic hydroxyl groups excluding tert-OH is 2. The first-order chi connectivity index (χ1) is 18.4. The van der Waals surface area contributed by atoms with Crippen LogP contribution >= 0.6 is 0 Å². The fourth-order valence-electron chi connectivity index (χ4n) is 4.45. The van der Waals surface area contributed by atoms with Crippen LogP contribution in [0.2, 0.25) is 0 Å². The van der Waals surface area contributed by atoms with Crippen molar-refractivity contribution in [2.45, 2.75) is 64.4 Å². The molecule has 1 aliphatic rings. The van der Waals surface area contributed by atoms with Crippen molar-refractivity contribution in [2.24, 2.45) is 11.8 Å². The molecular weight excluding hydrogens is 488 g/mol. The maximum Gasteiger partial charge on any atom is 0.335 e. The zero-order chi connectivity index (χ0) is 27.8. The lowest BCUT2D eigenvalue weighted by molar-refractivity contribution is -0.146. The first-order valence-electron chi connectivity index (χ1n) is 13.6. The van der Waals surface area contributed by atoms with Gasteiger partial charge in [-0.05, 0) is 62.1 Å². The van der Waals surface area contributed by atoms with Crippen LogP contribution in [0.5, 0.6) is 5.75 Å². The van der Waals surface area contributed by atoms with Gasteiger partial charge in [0.1, 0.15) is 12.4 Å². The SMILES string of the molecule is C=C(CO)C(=O)OCC(COC(=O)C(=C)CO)C1CCC(OCCOc2ccc(CCCCC)cc2)CC1. The van der Waals surface area contributed by atoms with Gasteiger partial charge in [-0.1, -0.05) is 45.1 Å². The van der Waals surface area contributed by atoms with Crippen molar-refractivity contribution in [2.75, 3.05) is 39.6 Å². The first-order valence-corrected chi connectivity index (χ1v) is 13.6. The predicted octanol–water partition coefficient (Wildman–Crippen LogP) is 4.17. The summed E-state index contributed by atoms with van der Waals surface area (Å²) in [6.07, 6.45) is 8.22. The second-order valence-electron chi connectivity index (χ2n) is 9.84. The number of rotatable bonds is 18. The van der Waals surface area contributed by atoms with Gasteiger partial charge < -0.3 is 29.2 Å². The highest BCUT2D eigenvalue weighted by molar-refractivity contribution is 5.88. The number of carbonyl (C=O) groups is 2. The van der Waals surface area contributed by atoms with Crippen molar-refractivity contribution in [3.63, 3.8) is 0 Å². The second-order valence-corrected chi connectivity index (χ2v) is 9.84. The predicted molar refractivity (Wildman–Crippen MR) is 145 cm³/mol. The molecule has 0 saturated heterocycles. The monoisotopic (exact) mass is 532 g/mol. The van der Waals surface area contributed by atoms with E-state index in [1.807, 2.05) is 12.1 Å². The summed E-state index contributed by atoms with van der Waals surface area (Å²) in [6, 6.07) is 8.27. The molecule has 8 heteroatoms. The molecule has 2 rings (SSSR count). The van der Waals surface area contributed by atoms with Gasteiger partial charge in [-0.25, -0.2) is 9.59 Å². The van der Waals surface area contributed by atoms with Gasteiger partial charge in [0.05, 0.1) is 50.3 Å². The molecule has 8 nitrogen and oxygen atoms in total. The van der Waals surface area contributed by atoms with Gasteiger partial charge in [0.2, 0.25) is 0 Å². The summed E-state index contributed by atoms with van der Waals surface area (Å²) in [4.78, 5) is 23.9. The molecule has 0 amide bonds. The molecule has 1 aromatic carbocycles.